The lowest BCUT2D eigenvalue weighted by Gasteiger charge is -2.31. The van der Waals surface area contributed by atoms with Crippen LogP contribution in [0.1, 0.15) is 51.4 Å². The Morgan fingerprint density at radius 1 is 0.524 bits per heavy atom. The number of ether oxygens (including phenoxy) is 4. The van der Waals surface area contributed by atoms with Crippen molar-refractivity contribution in [2.45, 2.75) is 87.0 Å². The number of aliphatic carboxylic acids is 6. The van der Waals surface area contributed by atoms with Crippen LogP contribution in [0.15, 0.2) is 0 Å². The second-order valence-electron chi connectivity index (χ2n) is 9.88. The maximum absolute atomic E-state index is 11.6. The van der Waals surface area contributed by atoms with Gasteiger partial charge in [-0.3, -0.25) is 19.2 Å². The maximum Gasteiger partial charge on any atom is 0.337 e. The predicted molar refractivity (Wildman–Crippen MR) is 132 cm³/mol. The Labute approximate surface area is 238 Å². The summed E-state index contributed by atoms with van der Waals surface area (Å²) in [6.07, 6.45) is -6.26. The van der Waals surface area contributed by atoms with Crippen molar-refractivity contribution < 1.29 is 88.6 Å². The molecule has 0 heterocycles. The lowest BCUT2D eigenvalue weighted by molar-refractivity contribution is -0.184. The highest BCUT2D eigenvalue weighted by atomic mass is 16.6. The van der Waals surface area contributed by atoms with Gasteiger partial charge in [0, 0.05) is 0 Å². The summed E-state index contributed by atoms with van der Waals surface area (Å²) >= 11 is 0. The van der Waals surface area contributed by atoms with Crippen molar-refractivity contribution in [1.82, 2.24) is 0 Å². The predicted octanol–water partition coefficient (Wildman–Crippen LogP) is -1.37. The van der Waals surface area contributed by atoms with Crippen molar-refractivity contribution in [3.63, 3.8) is 0 Å². The van der Waals surface area contributed by atoms with Crippen LogP contribution < -0.4 is 0 Å². The molecular weight excluding hydrogens is 576 g/mol. The molecule has 240 valence electrons. The maximum atomic E-state index is 11.6. The smallest absolute Gasteiger partial charge is 0.337 e. The van der Waals surface area contributed by atoms with E-state index in [2.05, 4.69) is 0 Å². The van der Waals surface area contributed by atoms with Gasteiger partial charge < -0.3 is 59.8 Å². The summed E-state index contributed by atoms with van der Waals surface area (Å²) in [6, 6.07) is 0. The molecule has 18 heteroatoms. The van der Waals surface area contributed by atoms with E-state index in [0.717, 1.165) is 0 Å². The molecule has 0 aromatic heterocycles. The van der Waals surface area contributed by atoms with Gasteiger partial charge in [-0.25, -0.2) is 9.59 Å². The fourth-order valence-electron chi connectivity index (χ4n) is 4.20. The van der Waals surface area contributed by atoms with Gasteiger partial charge in [-0.2, -0.15) is 0 Å². The van der Waals surface area contributed by atoms with Crippen LogP contribution in [0.5, 0.6) is 0 Å². The molecule has 0 aromatic carbocycles. The van der Waals surface area contributed by atoms with Gasteiger partial charge in [0.05, 0.1) is 64.3 Å². The molecular formula is C24H36O18. The van der Waals surface area contributed by atoms with E-state index in [9.17, 15) is 49.2 Å². The highest BCUT2D eigenvalue weighted by Crippen LogP contribution is 2.26. The van der Waals surface area contributed by atoms with Crippen molar-refractivity contribution in [2.75, 3.05) is 26.4 Å². The normalized spacial score (nSPS) is 19.0. The molecule has 0 spiro atoms. The Bertz CT molecular complexity index is 847. The summed E-state index contributed by atoms with van der Waals surface area (Å²) in [4.78, 5) is 67.3. The molecule has 2 atom stereocenters. The van der Waals surface area contributed by atoms with Crippen molar-refractivity contribution in [3.05, 3.63) is 0 Å². The van der Waals surface area contributed by atoms with Crippen LogP contribution in [0.3, 0.4) is 0 Å². The Kier molecular flexibility index (Phi) is 14.7. The fraction of sp³-hybridized carbons (Fsp3) is 0.750. The third-order valence-corrected chi connectivity index (χ3v) is 6.30. The molecule has 1 aliphatic carbocycles. The average Bonchev–Trinajstić information content (AvgIpc) is 2.87. The van der Waals surface area contributed by atoms with E-state index in [1.165, 1.54) is 0 Å². The van der Waals surface area contributed by atoms with Crippen molar-refractivity contribution in [3.8, 4) is 0 Å². The van der Waals surface area contributed by atoms with Crippen LogP contribution in [0.2, 0.25) is 0 Å². The molecule has 0 aromatic rings. The van der Waals surface area contributed by atoms with E-state index in [1.807, 2.05) is 0 Å². The minimum absolute atomic E-state index is 0.319. The third kappa shape index (κ3) is 12.6. The summed E-state index contributed by atoms with van der Waals surface area (Å²) in [5.74, 6) is -10.0. The molecule has 2 unspecified atom stereocenters. The van der Waals surface area contributed by atoms with Crippen LogP contribution in [0.4, 0.5) is 0 Å². The van der Waals surface area contributed by atoms with Gasteiger partial charge >= 0.3 is 35.8 Å². The van der Waals surface area contributed by atoms with Crippen molar-refractivity contribution >= 4 is 35.8 Å². The standard InChI is InChI=1S/C24H36O18/c25-13(11-41-23(21(35)36,5-17(27)28)6-18(29)30)9-39-15-1-2-16(4-3-15)40-10-14(26)12-42-24(22(37)38,7-19(31)32)8-20(33)34/h13-16,25-26H,1-12H2,(H,27,28)(H,29,30)(H,31,32)(H,33,34)(H,35,36)(H,37,38). The first-order chi connectivity index (χ1) is 19.5. The summed E-state index contributed by atoms with van der Waals surface area (Å²) in [7, 11) is 0. The lowest BCUT2D eigenvalue weighted by Crippen LogP contribution is -2.47. The number of aliphatic hydroxyl groups excluding tert-OH is 2. The van der Waals surface area contributed by atoms with E-state index in [1.54, 1.807) is 0 Å². The molecule has 1 fully saturated rings. The molecule has 0 aliphatic heterocycles. The minimum Gasteiger partial charge on any atom is -0.481 e. The first kappa shape index (κ1) is 36.6. The van der Waals surface area contributed by atoms with E-state index in [4.69, 9.17) is 39.4 Å². The van der Waals surface area contributed by atoms with E-state index < -0.39 is 98.1 Å². The van der Waals surface area contributed by atoms with Crippen LogP contribution >= 0.6 is 0 Å². The number of carboxylic acid groups (broad SMARTS) is 6. The molecule has 18 nitrogen and oxygen atoms in total. The van der Waals surface area contributed by atoms with Crippen molar-refractivity contribution in [1.29, 1.82) is 0 Å². The van der Waals surface area contributed by atoms with Gasteiger partial charge in [-0.05, 0) is 25.7 Å². The second kappa shape index (κ2) is 16.9. The van der Waals surface area contributed by atoms with Crippen LogP contribution in [-0.4, -0.2) is 139 Å². The second-order valence-corrected chi connectivity index (χ2v) is 9.88. The van der Waals surface area contributed by atoms with Gasteiger partial charge in [0.25, 0.3) is 0 Å². The topological polar surface area (TPSA) is 301 Å². The van der Waals surface area contributed by atoms with E-state index in [-0.39, 0.29) is 25.4 Å². The minimum atomic E-state index is -2.58. The average molecular weight is 613 g/mol. The van der Waals surface area contributed by atoms with Gasteiger partial charge in [-0.15, -0.1) is 0 Å². The number of aliphatic hydroxyl groups is 2. The van der Waals surface area contributed by atoms with Gasteiger partial charge in [0.2, 0.25) is 0 Å². The molecule has 1 saturated carbocycles. The lowest BCUT2D eigenvalue weighted by atomic mass is 9.94. The zero-order valence-corrected chi connectivity index (χ0v) is 22.5. The van der Waals surface area contributed by atoms with Crippen LogP contribution in [0.25, 0.3) is 0 Å². The summed E-state index contributed by atoms with van der Waals surface area (Å²) in [5.41, 5.74) is -5.16. The number of rotatable bonds is 22. The molecule has 0 amide bonds. The molecule has 0 saturated heterocycles. The first-order valence-electron chi connectivity index (χ1n) is 12.7. The van der Waals surface area contributed by atoms with Crippen LogP contribution in [0, 0.1) is 0 Å². The van der Waals surface area contributed by atoms with E-state index in [0.29, 0.717) is 25.7 Å². The Hall–Kier alpha value is -3.42. The highest BCUT2D eigenvalue weighted by Gasteiger charge is 2.46. The van der Waals surface area contributed by atoms with Gasteiger partial charge in [-0.1, -0.05) is 0 Å². The van der Waals surface area contributed by atoms with E-state index >= 15 is 0 Å². The molecule has 0 radical (unpaired) electrons. The fourth-order valence-corrected chi connectivity index (χ4v) is 4.20. The molecule has 8 N–H and O–H groups in total. The highest BCUT2D eigenvalue weighted by molar-refractivity contribution is 5.89. The number of hydrogen-bond acceptors (Lipinski definition) is 12. The van der Waals surface area contributed by atoms with Gasteiger partial charge in [0.15, 0.2) is 11.2 Å². The van der Waals surface area contributed by atoms with Crippen molar-refractivity contribution in [2.24, 2.45) is 0 Å². The first-order valence-corrected chi connectivity index (χ1v) is 12.7. The Balaban J connectivity index is 2.48. The quantitative estimate of drug-likeness (QED) is 0.0699. The number of carbonyl (C=O) groups is 6. The Morgan fingerprint density at radius 3 is 1.00 bits per heavy atom. The zero-order chi connectivity index (χ0) is 32.1. The van der Waals surface area contributed by atoms with Crippen LogP contribution in [-0.2, 0) is 47.7 Å². The number of carboxylic acids is 6. The monoisotopic (exact) mass is 612 g/mol. The molecule has 0 bridgehead atoms. The molecule has 1 rings (SSSR count). The molecule has 42 heavy (non-hydrogen) atoms. The SMILES string of the molecule is O=C(O)CC(CC(=O)O)(OCC(O)COC1CCC(OCC(O)COC(CC(=O)O)(CC(=O)O)C(=O)O)CC1)C(=O)O. The summed E-state index contributed by atoms with van der Waals surface area (Å²) < 4.78 is 21.2. The summed E-state index contributed by atoms with van der Waals surface area (Å²) in [5, 5.41) is 74.8. The Morgan fingerprint density at radius 2 is 0.786 bits per heavy atom. The largest absolute Gasteiger partial charge is 0.481 e. The third-order valence-electron chi connectivity index (χ3n) is 6.30. The van der Waals surface area contributed by atoms with Gasteiger partial charge in [0.1, 0.15) is 12.2 Å². The zero-order valence-electron chi connectivity index (χ0n) is 22.5. The molecule has 1 aliphatic rings. The number of hydrogen-bond donors (Lipinski definition) is 8. The summed E-state index contributed by atoms with van der Waals surface area (Å²) in [6.45, 7) is -2.04.